The van der Waals surface area contributed by atoms with Crippen molar-refractivity contribution in [1.82, 2.24) is 4.90 Å². The molecule has 2 amide bonds. The fraction of sp³-hybridized carbons (Fsp3) is 0.167. The standard InChI is InChI=1S/C18H16ClN3O2S/c1-22-17(24)15(25-18(22)20-12-7-3-2-4-8-12)11-16(23)21-14-10-6-5-9-13(14)19/h2-10,15H,11H2,1H3,(H,21,23)/t15-/m0/s1. The minimum atomic E-state index is -0.491. The first-order valence-corrected chi connectivity index (χ1v) is 8.92. The lowest BCUT2D eigenvalue weighted by Gasteiger charge is -2.10. The van der Waals surface area contributed by atoms with Gasteiger partial charge in [0.15, 0.2) is 5.17 Å². The second-order valence-electron chi connectivity index (χ2n) is 5.47. The van der Waals surface area contributed by atoms with Crippen LogP contribution in [0.1, 0.15) is 6.42 Å². The van der Waals surface area contributed by atoms with Gasteiger partial charge in [-0.3, -0.25) is 14.5 Å². The molecule has 0 unspecified atom stereocenters. The maximum Gasteiger partial charge on any atom is 0.242 e. The van der Waals surface area contributed by atoms with Gasteiger partial charge in [0.25, 0.3) is 0 Å². The van der Waals surface area contributed by atoms with Gasteiger partial charge in [-0.05, 0) is 24.3 Å². The average molecular weight is 374 g/mol. The molecule has 0 radical (unpaired) electrons. The number of amides is 2. The van der Waals surface area contributed by atoms with E-state index in [1.54, 1.807) is 31.3 Å². The molecular formula is C18H16ClN3O2S. The Bertz CT molecular complexity index is 826. The van der Waals surface area contributed by atoms with Crippen molar-refractivity contribution in [3.63, 3.8) is 0 Å². The number of amidine groups is 1. The van der Waals surface area contributed by atoms with Crippen LogP contribution >= 0.6 is 23.4 Å². The summed E-state index contributed by atoms with van der Waals surface area (Å²) in [5.74, 6) is -0.387. The van der Waals surface area contributed by atoms with Gasteiger partial charge in [0, 0.05) is 13.5 Å². The second kappa shape index (κ2) is 7.72. The molecule has 1 atom stereocenters. The van der Waals surface area contributed by atoms with Gasteiger partial charge < -0.3 is 5.32 Å². The van der Waals surface area contributed by atoms with Crippen molar-refractivity contribution in [2.75, 3.05) is 12.4 Å². The van der Waals surface area contributed by atoms with E-state index in [1.165, 1.54) is 16.7 Å². The molecule has 0 bridgehead atoms. The van der Waals surface area contributed by atoms with Crippen molar-refractivity contribution >= 4 is 51.7 Å². The van der Waals surface area contributed by atoms with E-state index in [0.29, 0.717) is 15.9 Å². The summed E-state index contributed by atoms with van der Waals surface area (Å²) in [6.45, 7) is 0. The number of halogens is 1. The number of para-hydroxylation sites is 2. The van der Waals surface area contributed by atoms with Crippen LogP contribution < -0.4 is 5.32 Å². The highest BCUT2D eigenvalue weighted by Crippen LogP contribution is 2.31. The van der Waals surface area contributed by atoms with Crippen LogP contribution in [0.5, 0.6) is 0 Å². The Kier molecular flexibility index (Phi) is 5.40. The van der Waals surface area contributed by atoms with E-state index >= 15 is 0 Å². The van der Waals surface area contributed by atoms with Gasteiger partial charge in [0.05, 0.1) is 16.4 Å². The van der Waals surface area contributed by atoms with E-state index < -0.39 is 5.25 Å². The first-order valence-electron chi connectivity index (χ1n) is 7.67. The molecule has 7 heteroatoms. The van der Waals surface area contributed by atoms with Gasteiger partial charge in [0.1, 0.15) is 5.25 Å². The molecule has 3 rings (SSSR count). The number of aliphatic imine (C=N–C) groups is 1. The number of carbonyl (C=O) groups is 2. The summed E-state index contributed by atoms with van der Waals surface area (Å²) >= 11 is 7.33. The Balaban J connectivity index is 1.67. The Morgan fingerprint density at radius 1 is 1.20 bits per heavy atom. The summed E-state index contributed by atoms with van der Waals surface area (Å²) in [5, 5.41) is 3.30. The number of hydrogen-bond acceptors (Lipinski definition) is 4. The van der Waals surface area contributed by atoms with Crippen LogP contribution in [-0.2, 0) is 9.59 Å². The van der Waals surface area contributed by atoms with Crippen molar-refractivity contribution < 1.29 is 9.59 Å². The number of anilines is 1. The van der Waals surface area contributed by atoms with Gasteiger partial charge in [-0.25, -0.2) is 4.99 Å². The molecule has 2 aromatic carbocycles. The van der Waals surface area contributed by atoms with Crippen molar-refractivity contribution in [2.24, 2.45) is 4.99 Å². The molecule has 1 heterocycles. The van der Waals surface area contributed by atoms with Gasteiger partial charge in [-0.2, -0.15) is 0 Å². The van der Waals surface area contributed by atoms with Crippen molar-refractivity contribution in [2.45, 2.75) is 11.7 Å². The zero-order chi connectivity index (χ0) is 17.8. The van der Waals surface area contributed by atoms with Gasteiger partial charge in [-0.15, -0.1) is 0 Å². The maximum absolute atomic E-state index is 12.4. The molecule has 5 nitrogen and oxygen atoms in total. The summed E-state index contributed by atoms with van der Waals surface area (Å²) in [5.41, 5.74) is 1.31. The Morgan fingerprint density at radius 2 is 1.88 bits per heavy atom. The zero-order valence-corrected chi connectivity index (χ0v) is 15.1. The van der Waals surface area contributed by atoms with Gasteiger partial charge >= 0.3 is 0 Å². The maximum atomic E-state index is 12.4. The number of nitrogens with zero attached hydrogens (tertiary/aromatic N) is 2. The van der Waals surface area contributed by atoms with E-state index in [1.807, 2.05) is 30.3 Å². The predicted octanol–water partition coefficient (Wildman–Crippen LogP) is 3.93. The number of benzene rings is 2. The molecule has 2 aromatic rings. The molecule has 1 N–H and O–H groups in total. The normalized spacial score (nSPS) is 18.6. The van der Waals surface area contributed by atoms with Crippen molar-refractivity contribution in [3.05, 3.63) is 59.6 Å². The third-order valence-corrected chi connectivity index (χ3v) is 5.20. The van der Waals surface area contributed by atoms with Gasteiger partial charge in [0.2, 0.25) is 11.8 Å². The minimum absolute atomic E-state index is 0.0624. The average Bonchev–Trinajstić information content (AvgIpc) is 2.86. The molecule has 25 heavy (non-hydrogen) atoms. The Labute approximate surface area is 155 Å². The van der Waals surface area contributed by atoms with E-state index in [9.17, 15) is 9.59 Å². The third-order valence-electron chi connectivity index (χ3n) is 3.64. The summed E-state index contributed by atoms with van der Waals surface area (Å²) in [6, 6.07) is 16.4. The lowest BCUT2D eigenvalue weighted by atomic mass is 10.2. The lowest BCUT2D eigenvalue weighted by Crippen LogP contribution is -2.30. The van der Waals surface area contributed by atoms with Gasteiger partial charge in [-0.1, -0.05) is 53.7 Å². The van der Waals surface area contributed by atoms with Crippen molar-refractivity contribution in [1.29, 1.82) is 0 Å². The Hall–Kier alpha value is -2.31. The number of thioether (sulfide) groups is 1. The Morgan fingerprint density at radius 3 is 2.60 bits per heavy atom. The number of rotatable bonds is 4. The molecule has 0 aromatic heterocycles. The second-order valence-corrected chi connectivity index (χ2v) is 7.04. The predicted molar refractivity (Wildman–Crippen MR) is 102 cm³/mol. The van der Waals surface area contributed by atoms with Crippen LogP contribution in [0.4, 0.5) is 11.4 Å². The van der Waals surface area contributed by atoms with E-state index in [4.69, 9.17) is 11.6 Å². The minimum Gasteiger partial charge on any atom is -0.325 e. The molecule has 0 spiro atoms. The summed E-state index contributed by atoms with van der Waals surface area (Å²) in [7, 11) is 1.67. The van der Waals surface area contributed by atoms with E-state index in [-0.39, 0.29) is 18.2 Å². The largest absolute Gasteiger partial charge is 0.325 e. The lowest BCUT2D eigenvalue weighted by molar-refractivity contribution is -0.127. The monoisotopic (exact) mass is 373 g/mol. The molecular weight excluding hydrogens is 358 g/mol. The van der Waals surface area contributed by atoms with E-state index in [2.05, 4.69) is 10.3 Å². The van der Waals surface area contributed by atoms with Crippen LogP contribution in [0, 0.1) is 0 Å². The number of carbonyl (C=O) groups excluding carboxylic acids is 2. The first-order chi connectivity index (χ1) is 12.0. The summed E-state index contributed by atoms with van der Waals surface area (Å²) in [4.78, 5) is 30.6. The van der Waals surface area contributed by atoms with E-state index in [0.717, 1.165) is 5.69 Å². The van der Waals surface area contributed by atoms with Crippen LogP contribution in [0.25, 0.3) is 0 Å². The summed E-state index contributed by atoms with van der Waals surface area (Å²) in [6.07, 6.45) is 0.0624. The zero-order valence-electron chi connectivity index (χ0n) is 13.5. The number of hydrogen-bond donors (Lipinski definition) is 1. The fourth-order valence-electron chi connectivity index (χ4n) is 2.34. The van der Waals surface area contributed by atoms with Crippen LogP contribution in [0.3, 0.4) is 0 Å². The molecule has 1 fully saturated rings. The highest BCUT2D eigenvalue weighted by atomic mass is 35.5. The molecule has 0 saturated carbocycles. The quantitative estimate of drug-likeness (QED) is 0.883. The SMILES string of the molecule is CN1C(=O)[C@H](CC(=O)Nc2ccccc2Cl)SC1=Nc1ccccc1. The number of nitrogens with one attached hydrogen (secondary N) is 1. The molecule has 128 valence electrons. The topological polar surface area (TPSA) is 61.8 Å². The van der Waals surface area contributed by atoms with Crippen LogP contribution in [0.2, 0.25) is 5.02 Å². The molecule has 1 saturated heterocycles. The highest BCUT2D eigenvalue weighted by Gasteiger charge is 2.37. The first kappa shape index (κ1) is 17.5. The highest BCUT2D eigenvalue weighted by molar-refractivity contribution is 8.15. The van der Waals surface area contributed by atoms with Crippen molar-refractivity contribution in [3.8, 4) is 0 Å². The third kappa shape index (κ3) is 4.21. The molecule has 0 aliphatic carbocycles. The smallest absolute Gasteiger partial charge is 0.242 e. The van der Waals surface area contributed by atoms with Crippen LogP contribution in [0.15, 0.2) is 59.6 Å². The molecule has 1 aliphatic heterocycles. The fourth-order valence-corrected chi connectivity index (χ4v) is 3.68. The van der Waals surface area contributed by atoms with Crippen LogP contribution in [-0.4, -0.2) is 34.2 Å². The molecule has 1 aliphatic rings. The summed E-state index contributed by atoms with van der Waals surface area (Å²) < 4.78 is 0.